The molecular weight excluding hydrogens is 390 g/mol. The van der Waals surface area contributed by atoms with Crippen LogP contribution in [-0.4, -0.2) is 16.1 Å². The number of carbonyl (C=O) groups is 1. The summed E-state index contributed by atoms with van der Waals surface area (Å²) in [6, 6.07) is 24.4. The first-order valence-electron chi connectivity index (χ1n) is 9.94. The summed E-state index contributed by atoms with van der Waals surface area (Å²) in [5.41, 5.74) is 3.82. The lowest BCUT2D eigenvalue weighted by atomic mass is 10.0. The molecule has 0 aliphatic heterocycles. The Morgan fingerprint density at radius 1 is 1.00 bits per heavy atom. The van der Waals surface area contributed by atoms with Gasteiger partial charge in [0.1, 0.15) is 23.6 Å². The Morgan fingerprint density at radius 2 is 1.77 bits per heavy atom. The first kappa shape index (κ1) is 18.9. The molecule has 3 aromatic carbocycles. The number of para-hydroxylation sites is 1. The van der Waals surface area contributed by atoms with E-state index in [1.165, 1.54) is 0 Å². The van der Waals surface area contributed by atoms with Crippen molar-refractivity contribution in [1.29, 1.82) is 0 Å². The number of aromatic carboxylic acids is 1. The van der Waals surface area contributed by atoms with Crippen molar-refractivity contribution in [1.82, 2.24) is 4.98 Å². The maximum absolute atomic E-state index is 12.2. The number of hydrogen-bond donors (Lipinski definition) is 1. The minimum atomic E-state index is -1.04. The van der Waals surface area contributed by atoms with Gasteiger partial charge in [0.2, 0.25) is 0 Å². The van der Waals surface area contributed by atoms with Crippen molar-refractivity contribution in [3.05, 3.63) is 95.6 Å². The normalized spacial score (nSPS) is 11.1. The quantitative estimate of drug-likeness (QED) is 0.372. The van der Waals surface area contributed by atoms with Crippen LogP contribution in [0, 0.1) is 6.92 Å². The largest absolute Gasteiger partial charge is 0.488 e. The summed E-state index contributed by atoms with van der Waals surface area (Å²) in [6.07, 6.45) is 0. The molecule has 0 spiro atoms. The fourth-order valence-electron chi connectivity index (χ4n) is 3.81. The third-order valence-electron chi connectivity index (χ3n) is 5.34. The fraction of sp³-hybridized carbons (Fsp3) is 0.0769. The summed E-state index contributed by atoms with van der Waals surface area (Å²) >= 11 is 0. The summed E-state index contributed by atoms with van der Waals surface area (Å²) in [7, 11) is 0. The monoisotopic (exact) mass is 409 g/mol. The zero-order valence-electron chi connectivity index (χ0n) is 16.8. The molecule has 5 nitrogen and oxygen atoms in total. The van der Waals surface area contributed by atoms with Crippen molar-refractivity contribution in [2.24, 2.45) is 0 Å². The summed E-state index contributed by atoms with van der Waals surface area (Å²) in [6.45, 7) is 2.29. The van der Waals surface area contributed by atoms with Gasteiger partial charge in [-0.15, -0.1) is 0 Å². The molecule has 5 rings (SSSR count). The Kier molecular flexibility index (Phi) is 4.64. The molecule has 0 saturated carbocycles. The van der Waals surface area contributed by atoms with Crippen LogP contribution in [0.2, 0.25) is 0 Å². The fourth-order valence-corrected chi connectivity index (χ4v) is 3.81. The second-order valence-corrected chi connectivity index (χ2v) is 7.34. The molecule has 0 saturated heterocycles. The molecule has 31 heavy (non-hydrogen) atoms. The number of hydrogen-bond acceptors (Lipinski definition) is 4. The summed E-state index contributed by atoms with van der Waals surface area (Å²) in [5.74, 6) is 0.0125. The third kappa shape index (κ3) is 3.40. The van der Waals surface area contributed by atoms with Crippen LogP contribution in [-0.2, 0) is 6.61 Å². The average molecular weight is 409 g/mol. The van der Waals surface area contributed by atoms with Gasteiger partial charge in [-0.2, -0.15) is 0 Å². The van der Waals surface area contributed by atoms with Crippen molar-refractivity contribution >= 4 is 27.8 Å². The van der Waals surface area contributed by atoms with Crippen LogP contribution in [0.1, 0.15) is 21.5 Å². The summed E-state index contributed by atoms with van der Waals surface area (Å²) < 4.78 is 12.0. The number of pyridine rings is 1. The Hall–Kier alpha value is -4.12. The van der Waals surface area contributed by atoms with Crippen LogP contribution in [0.15, 0.2) is 83.3 Å². The number of rotatable bonds is 5. The summed E-state index contributed by atoms with van der Waals surface area (Å²) in [5, 5.41) is 11.4. The second kappa shape index (κ2) is 7.61. The first-order valence-corrected chi connectivity index (χ1v) is 9.94. The molecule has 1 N–H and O–H groups in total. The zero-order valence-corrected chi connectivity index (χ0v) is 16.8. The predicted octanol–water partition coefficient (Wildman–Crippen LogP) is 6.23. The van der Waals surface area contributed by atoms with Gasteiger partial charge in [0.25, 0.3) is 0 Å². The van der Waals surface area contributed by atoms with Gasteiger partial charge in [-0.05, 0) is 36.8 Å². The van der Waals surface area contributed by atoms with Gasteiger partial charge in [-0.3, -0.25) is 0 Å². The highest BCUT2D eigenvalue weighted by atomic mass is 16.5. The van der Waals surface area contributed by atoms with Gasteiger partial charge in [0.05, 0.1) is 16.5 Å². The van der Waals surface area contributed by atoms with Crippen molar-refractivity contribution in [3.8, 4) is 17.2 Å². The molecule has 0 fully saturated rings. The summed E-state index contributed by atoms with van der Waals surface area (Å²) in [4.78, 5) is 16.9. The van der Waals surface area contributed by atoms with Gasteiger partial charge in [-0.25, -0.2) is 9.78 Å². The van der Waals surface area contributed by atoms with Crippen LogP contribution in [0.5, 0.6) is 5.75 Å². The molecule has 0 aliphatic rings. The van der Waals surface area contributed by atoms with E-state index in [1.807, 2.05) is 67.6 Å². The van der Waals surface area contributed by atoms with Crippen LogP contribution in [0.4, 0.5) is 0 Å². The van der Waals surface area contributed by atoms with Crippen molar-refractivity contribution in [3.63, 3.8) is 0 Å². The number of carboxylic acid groups (broad SMARTS) is 1. The Bertz CT molecular complexity index is 1420. The number of ether oxygens (including phenoxy) is 1. The lowest BCUT2D eigenvalue weighted by molar-refractivity contribution is 0.0698. The topological polar surface area (TPSA) is 72.6 Å². The van der Waals surface area contributed by atoms with Crippen molar-refractivity contribution < 1.29 is 19.1 Å². The smallest absolute Gasteiger partial charge is 0.336 e. The van der Waals surface area contributed by atoms with E-state index in [2.05, 4.69) is 0 Å². The van der Waals surface area contributed by atoms with Crippen LogP contribution < -0.4 is 4.74 Å². The molecule has 5 heteroatoms. The van der Waals surface area contributed by atoms with E-state index in [4.69, 9.17) is 14.1 Å². The molecule has 0 amide bonds. The Labute approximate surface area is 178 Å². The van der Waals surface area contributed by atoms with E-state index in [0.717, 1.165) is 22.1 Å². The zero-order chi connectivity index (χ0) is 21.4. The number of carboxylic acids is 1. The molecule has 0 unspecified atom stereocenters. The van der Waals surface area contributed by atoms with Gasteiger partial charge in [-0.1, -0.05) is 54.6 Å². The first-order chi connectivity index (χ1) is 15.1. The highest BCUT2D eigenvalue weighted by Crippen LogP contribution is 2.36. The van der Waals surface area contributed by atoms with Gasteiger partial charge in [0, 0.05) is 10.9 Å². The SMILES string of the molecule is Cc1c(-c2cc(C(=O)O)c3c(OCc4ccccc4)cccc3n2)oc2ccccc12. The van der Waals surface area contributed by atoms with Crippen molar-refractivity contribution in [2.45, 2.75) is 13.5 Å². The number of aryl methyl sites for hydroxylation is 1. The number of fused-ring (bicyclic) bond motifs is 2. The van der Waals surface area contributed by atoms with Crippen LogP contribution >= 0.6 is 0 Å². The average Bonchev–Trinajstić information content (AvgIpc) is 3.14. The van der Waals surface area contributed by atoms with Crippen LogP contribution in [0.25, 0.3) is 33.3 Å². The van der Waals surface area contributed by atoms with E-state index in [0.29, 0.717) is 34.7 Å². The standard InChI is InChI=1S/C26H19NO4/c1-16-18-10-5-6-12-22(18)31-25(16)21-14-19(26(28)29)24-20(27-21)11-7-13-23(24)30-15-17-8-3-2-4-9-17/h2-14H,15H2,1H3,(H,28,29). The molecule has 5 aromatic rings. The number of aromatic nitrogens is 1. The van der Waals surface area contributed by atoms with E-state index in [9.17, 15) is 9.90 Å². The lowest BCUT2D eigenvalue weighted by Crippen LogP contribution is -2.03. The molecule has 0 atom stereocenters. The number of furan rings is 1. The molecule has 152 valence electrons. The van der Waals surface area contributed by atoms with Gasteiger partial charge < -0.3 is 14.3 Å². The van der Waals surface area contributed by atoms with Crippen molar-refractivity contribution in [2.75, 3.05) is 0 Å². The Balaban J connectivity index is 1.64. The Morgan fingerprint density at radius 3 is 2.55 bits per heavy atom. The lowest BCUT2D eigenvalue weighted by Gasteiger charge is -2.12. The number of nitrogens with zero attached hydrogens (tertiary/aromatic N) is 1. The van der Waals surface area contributed by atoms with Crippen LogP contribution in [0.3, 0.4) is 0 Å². The minimum Gasteiger partial charge on any atom is -0.488 e. The van der Waals surface area contributed by atoms with Gasteiger partial charge in [0.15, 0.2) is 5.76 Å². The highest BCUT2D eigenvalue weighted by Gasteiger charge is 2.20. The predicted molar refractivity (Wildman–Crippen MR) is 119 cm³/mol. The van der Waals surface area contributed by atoms with E-state index in [-0.39, 0.29) is 5.56 Å². The molecule has 0 bridgehead atoms. The maximum Gasteiger partial charge on any atom is 0.336 e. The highest BCUT2D eigenvalue weighted by molar-refractivity contribution is 6.06. The molecule has 2 aromatic heterocycles. The molecular formula is C26H19NO4. The van der Waals surface area contributed by atoms with E-state index < -0.39 is 5.97 Å². The van der Waals surface area contributed by atoms with Gasteiger partial charge >= 0.3 is 5.97 Å². The van der Waals surface area contributed by atoms with E-state index in [1.54, 1.807) is 18.2 Å². The van der Waals surface area contributed by atoms with E-state index >= 15 is 0 Å². The molecule has 0 aliphatic carbocycles. The minimum absolute atomic E-state index is 0.128. The second-order valence-electron chi connectivity index (χ2n) is 7.34. The third-order valence-corrected chi connectivity index (χ3v) is 5.34. The molecule has 2 heterocycles. The molecule has 0 radical (unpaired) electrons. The number of benzene rings is 3. The maximum atomic E-state index is 12.2.